The summed E-state index contributed by atoms with van der Waals surface area (Å²) in [6.45, 7) is 0. The van der Waals surface area contributed by atoms with Crippen molar-refractivity contribution in [3.05, 3.63) is 468 Å². The van der Waals surface area contributed by atoms with Crippen LogP contribution in [0.2, 0.25) is 0 Å². The van der Waals surface area contributed by atoms with Crippen LogP contribution in [0.15, 0.2) is 468 Å². The van der Waals surface area contributed by atoms with Gasteiger partial charge in [0.1, 0.15) is 0 Å². The van der Waals surface area contributed by atoms with Gasteiger partial charge in [0.25, 0.3) is 0 Å². The Morgan fingerprint density at radius 2 is 0.469 bits per heavy atom. The van der Waals surface area contributed by atoms with Crippen LogP contribution in [0.4, 0.5) is 68.2 Å². The lowest BCUT2D eigenvalue weighted by Crippen LogP contribution is -2.32. The molecule has 7 aromatic heterocycles. The zero-order valence-electron chi connectivity index (χ0n) is 69.5. The lowest BCUT2D eigenvalue weighted by molar-refractivity contribution is 0.670. The summed E-state index contributed by atoms with van der Waals surface area (Å²) >= 11 is 0. The predicted molar refractivity (Wildman–Crippen MR) is 533 cm³/mol. The van der Waals surface area contributed by atoms with E-state index in [2.05, 4.69) is 519 Å². The second kappa shape index (κ2) is 29.2. The number of aromatic amines is 2. The van der Waals surface area contributed by atoms with Gasteiger partial charge in [-0.2, -0.15) is 0 Å². The van der Waals surface area contributed by atoms with Gasteiger partial charge < -0.3 is 57.3 Å². The van der Waals surface area contributed by atoms with Crippen LogP contribution >= 0.6 is 0 Å². The number of hydrogen-bond acceptors (Lipinski definition) is 5. The molecule has 2 atom stereocenters. The van der Waals surface area contributed by atoms with Gasteiger partial charge in [-0.1, -0.05) is 285 Å². The van der Waals surface area contributed by atoms with Crippen molar-refractivity contribution in [1.29, 1.82) is 0 Å². The van der Waals surface area contributed by atoms with E-state index in [4.69, 9.17) is 0 Å². The average molecular weight is 1640 g/mol. The molecule has 8 heterocycles. The van der Waals surface area contributed by atoms with E-state index in [0.717, 1.165) is 211 Å². The molecule has 0 bridgehead atoms. The minimum Gasteiger partial charge on any atom is -0.359 e. The number of aromatic nitrogens is 7. The fourth-order valence-electron chi connectivity index (χ4n) is 20.9. The quantitative estimate of drug-likeness (QED) is 0.0838. The Hall–Kier alpha value is -17.2. The first-order valence-corrected chi connectivity index (χ1v) is 43.9. The molecule has 0 fully saturated rings. The molecule has 0 spiro atoms. The third-order valence-electron chi connectivity index (χ3n) is 26.6. The van der Waals surface area contributed by atoms with Crippen LogP contribution in [0.5, 0.6) is 0 Å². The van der Waals surface area contributed by atoms with Gasteiger partial charge in [0.2, 0.25) is 0 Å². The number of allylic oxidation sites excluding steroid dienone is 2. The Kier molecular flexibility index (Phi) is 16.5. The number of para-hydroxylation sites is 13. The number of benzene rings is 17. The van der Waals surface area contributed by atoms with Gasteiger partial charge in [-0.05, 0) is 127 Å². The first-order valence-electron chi connectivity index (χ1n) is 43.9. The minimum atomic E-state index is -0.139. The highest BCUT2D eigenvalue weighted by atomic mass is 15.3. The molecule has 17 aromatic carbocycles. The fourth-order valence-corrected chi connectivity index (χ4v) is 20.9. The van der Waals surface area contributed by atoms with Crippen molar-refractivity contribution in [2.75, 3.05) is 24.5 Å². The highest BCUT2D eigenvalue weighted by Gasteiger charge is 2.41. The van der Waals surface area contributed by atoms with Crippen LogP contribution in [-0.2, 0) is 0 Å². The van der Waals surface area contributed by atoms with Crippen LogP contribution < -0.4 is 24.5 Å². The molecule has 0 amide bonds. The largest absolute Gasteiger partial charge is 0.359 e. The summed E-state index contributed by atoms with van der Waals surface area (Å²) in [6.07, 6.45) is 28.2. The van der Waals surface area contributed by atoms with E-state index in [1.54, 1.807) is 0 Å². The first-order chi connectivity index (χ1) is 63.6. The second-order valence-electron chi connectivity index (χ2n) is 33.4. The van der Waals surface area contributed by atoms with Gasteiger partial charge in [-0.15, -0.1) is 0 Å². The van der Waals surface area contributed by atoms with E-state index in [1.807, 2.05) is 0 Å². The Labute approximate surface area is 737 Å². The molecule has 24 aromatic rings. The van der Waals surface area contributed by atoms with Gasteiger partial charge in [-0.25, -0.2) is 0 Å². The number of fused-ring (bicyclic) bond motifs is 8. The summed E-state index contributed by atoms with van der Waals surface area (Å²) in [7, 11) is 0. The van der Waals surface area contributed by atoms with Crippen molar-refractivity contribution in [2.45, 2.75) is 6.04 Å². The van der Waals surface area contributed by atoms with Crippen molar-refractivity contribution in [1.82, 2.24) is 32.8 Å². The Balaban J connectivity index is 0.881. The van der Waals surface area contributed by atoms with E-state index in [1.165, 1.54) is 0 Å². The van der Waals surface area contributed by atoms with E-state index >= 15 is 0 Å². The summed E-state index contributed by atoms with van der Waals surface area (Å²) < 4.78 is 11.9. The standard InChI is InChI=1S/C116H80N12/c1-7-35-77(36-8-1)119-71-109(85-49-21-29-57-97(85)119)125(107-69-117-95-55-27-19-47-83(95)107)103-67-105(127(111-73-121(79-39-11-3-12-40-79)99-59-31-23-51-87(99)111)112-74-122(80-41-13-4-14-42-80)100-60-32-24-52-88(100)112)93-65-66-94-106(128(113-75-123(81-43-15-5-16-44-81)101-61-33-25-53-89(101)113)114-76-124(82-45-17-6-18-46-82)102-62-34-26-54-90(102)114)68-104(92-64-63-91(103)115(93)116(92)94)126(108-70-118-96-56-28-20-48-84(96)108)110-72-120(78-37-9-2-10-38-78)98-58-30-22-50-86(98)110/h1-76,87,99,117-118H. The van der Waals surface area contributed by atoms with Crippen molar-refractivity contribution in [3.63, 3.8) is 0 Å². The van der Waals surface area contributed by atoms with Crippen molar-refractivity contribution >= 4 is 177 Å². The Morgan fingerprint density at radius 1 is 0.211 bits per heavy atom. The molecule has 0 radical (unpaired) electrons. The van der Waals surface area contributed by atoms with E-state index < -0.39 is 0 Å². The summed E-state index contributed by atoms with van der Waals surface area (Å²) in [5, 5.41) is 14.0. The lowest BCUT2D eigenvalue weighted by atomic mass is 9.88. The average Bonchev–Trinajstić information content (AvgIpc) is 1.18. The molecule has 2 unspecified atom stereocenters. The van der Waals surface area contributed by atoms with Gasteiger partial charge in [0, 0.05) is 176 Å². The number of rotatable bonds is 18. The smallest absolute Gasteiger partial charge is 0.0722 e. The molecule has 1 aliphatic heterocycles. The number of hydrogen-bond donors (Lipinski definition) is 2. The molecule has 0 saturated heterocycles. The van der Waals surface area contributed by atoms with E-state index in [0.29, 0.717) is 0 Å². The first kappa shape index (κ1) is 72.4. The highest BCUT2D eigenvalue weighted by Crippen LogP contribution is 2.60. The topological polar surface area (TPSA) is 72.4 Å². The summed E-state index contributed by atoms with van der Waals surface area (Å²) in [4.78, 5) is 20.7. The van der Waals surface area contributed by atoms with Gasteiger partial charge >= 0.3 is 0 Å². The SMILES string of the molecule is C1=CC2C(N(c3cc(N(c4c[nH]c5ccccc45)c4cn(-c5ccccc5)c5ccccc45)c4ccc5c(N(c6c[nH]c7ccccc67)c6cn(-c7ccccc7)c7ccccc67)cc(N(c6cn(-c7ccccc7)c7ccccc67)c6cn(-c7ccccc7)c7ccccc67)c6ccc3c4c56)c3cn(-c4ccccc4)c4ccccc34)=CN(c3ccccc3)C2C=C1. The number of nitrogens with one attached hydrogen (secondary N) is 2. The van der Waals surface area contributed by atoms with Crippen LogP contribution in [0, 0.1) is 5.92 Å². The molecule has 12 heteroatoms. The van der Waals surface area contributed by atoms with Crippen molar-refractivity contribution in [2.24, 2.45) is 5.92 Å². The molecular formula is C116H80N12. The third kappa shape index (κ3) is 11.3. The van der Waals surface area contributed by atoms with Crippen molar-refractivity contribution < 1.29 is 0 Å². The van der Waals surface area contributed by atoms with E-state index in [-0.39, 0.29) is 12.0 Å². The monoisotopic (exact) mass is 1640 g/mol. The predicted octanol–water partition coefficient (Wildman–Crippen LogP) is 30.3. The molecule has 2 aliphatic rings. The van der Waals surface area contributed by atoms with Crippen LogP contribution in [-0.4, -0.2) is 38.8 Å². The summed E-state index contributed by atoms with van der Waals surface area (Å²) in [5.41, 5.74) is 25.9. The van der Waals surface area contributed by atoms with Gasteiger partial charge in [-0.3, -0.25) is 0 Å². The Bertz CT molecular complexity index is 8440. The van der Waals surface area contributed by atoms with E-state index in [9.17, 15) is 0 Å². The zero-order valence-corrected chi connectivity index (χ0v) is 69.5. The van der Waals surface area contributed by atoms with Crippen LogP contribution in [0.1, 0.15) is 0 Å². The Morgan fingerprint density at radius 3 is 0.797 bits per heavy atom. The van der Waals surface area contributed by atoms with Gasteiger partial charge in [0.15, 0.2) is 0 Å². The summed E-state index contributed by atoms with van der Waals surface area (Å²) in [5.74, 6) is -0.139. The lowest BCUT2D eigenvalue weighted by Gasteiger charge is -2.35. The maximum absolute atomic E-state index is 3.87. The molecule has 0 saturated carbocycles. The van der Waals surface area contributed by atoms with Crippen LogP contribution in [0.25, 0.3) is 137 Å². The molecule has 128 heavy (non-hydrogen) atoms. The second-order valence-corrected chi connectivity index (χ2v) is 33.4. The minimum absolute atomic E-state index is 0.0754. The number of H-pyrrole nitrogens is 2. The third-order valence-corrected chi connectivity index (χ3v) is 26.6. The maximum Gasteiger partial charge on any atom is 0.0722 e. The van der Waals surface area contributed by atoms with Crippen molar-refractivity contribution in [3.8, 4) is 28.4 Å². The van der Waals surface area contributed by atoms with Crippen LogP contribution in [0.3, 0.4) is 0 Å². The van der Waals surface area contributed by atoms with Gasteiger partial charge in [0.05, 0.1) is 96.2 Å². The zero-order chi connectivity index (χ0) is 84.0. The normalized spacial score (nSPS) is 13.9. The molecule has 604 valence electrons. The molecule has 1 aliphatic carbocycles. The highest BCUT2D eigenvalue weighted by molar-refractivity contribution is 6.34. The number of nitrogens with zero attached hydrogens (tertiary/aromatic N) is 10. The molecule has 12 nitrogen and oxygen atoms in total. The fraction of sp³-hybridized carbons (Fsp3) is 0.0172. The summed E-state index contributed by atoms with van der Waals surface area (Å²) in [6, 6.07) is 142. The molecule has 2 N–H and O–H groups in total. The number of anilines is 12. The molecule has 26 rings (SSSR count). The maximum atomic E-state index is 3.87. The molecular weight excluding hydrogens is 1560 g/mol.